The molecule has 0 spiro atoms. The van der Waals surface area contributed by atoms with Crippen molar-refractivity contribution in [2.75, 3.05) is 10.6 Å². The first-order valence-electron chi connectivity index (χ1n) is 9.47. The molecule has 3 aromatic rings. The molecule has 0 saturated heterocycles. The van der Waals surface area contributed by atoms with E-state index >= 15 is 0 Å². The molecule has 0 aliphatic heterocycles. The van der Waals surface area contributed by atoms with Gasteiger partial charge < -0.3 is 10.6 Å². The van der Waals surface area contributed by atoms with Crippen LogP contribution in [0.5, 0.6) is 0 Å². The van der Waals surface area contributed by atoms with Crippen LogP contribution in [0.2, 0.25) is 0 Å². The average molecular weight is 408 g/mol. The molecule has 150 valence electrons. The van der Waals surface area contributed by atoms with Crippen LogP contribution in [0.15, 0.2) is 66.0 Å². The lowest BCUT2D eigenvalue weighted by Gasteiger charge is -2.23. The Morgan fingerprint density at radius 1 is 0.897 bits per heavy atom. The number of amides is 2. The SMILES string of the molecule is CC(=O)Nc1ccc(NC(=O)[C@@H](C)N[C@@H](c2ccc(C)cc2)c2cccs2)cc1. The van der Waals surface area contributed by atoms with Crippen molar-refractivity contribution in [1.82, 2.24) is 5.32 Å². The first-order valence-corrected chi connectivity index (χ1v) is 10.3. The van der Waals surface area contributed by atoms with Gasteiger partial charge in [-0.3, -0.25) is 14.9 Å². The van der Waals surface area contributed by atoms with Gasteiger partial charge in [0.05, 0.1) is 12.1 Å². The normalized spacial score (nSPS) is 12.8. The van der Waals surface area contributed by atoms with Gasteiger partial charge in [-0.1, -0.05) is 35.9 Å². The van der Waals surface area contributed by atoms with E-state index in [0.29, 0.717) is 11.4 Å². The zero-order valence-electron chi connectivity index (χ0n) is 16.7. The summed E-state index contributed by atoms with van der Waals surface area (Å²) in [6.45, 7) is 5.38. The highest BCUT2D eigenvalue weighted by Gasteiger charge is 2.21. The van der Waals surface area contributed by atoms with Gasteiger partial charge in [0.15, 0.2) is 0 Å². The molecule has 1 aromatic heterocycles. The summed E-state index contributed by atoms with van der Waals surface area (Å²) in [6, 6.07) is 19.0. The van der Waals surface area contributed by atoms with E-state index in [1.807, 2.05) is 18.4 Å². The summed E-state index contributed by atoms with van der Waals surface area (Å²) in [6.07, 6.45) is 0. The number of hydrogen-bond donors (Lipinski definition) is 3. The lowest BCUT2D eigenvalue weighted by atomic mass is 10.0. The summed E-state index contributed by atoms with van der Waals surface area (Å²) in [5.41, 5.74) is 3.70. The molecule has 3 N–H and O–H groups in total. The molecule has 0 aliphatic carbocycles. The number of nitrogens with one attached hydrogen (secondary N) is 3. The largest absolute Gasteiger partial charge is 0.326 e. The Balaban J connectivity index is 1.69. The number of carbonyl (C=O) groups excluding carboxylic acids is 2. The topological polar surface area (TPSA) is 70.2 Å². The third-order valence-electron chi connectivity index (χ3n) is 4.52. The van der Waals surface area contributed by atoms with E-state index in [0.717, 1.165) is 10.4 Å². The van der Waals surface area contributed by atoms with Crippen LogP contribution in [0.1, 0.15) is 35.9 Å². The second-order valence-electron chi connectivity index (χ2n) is 7.00. The van der Waals surface area contributed by atoms with E-state index in [2.05, 4.69) is 53.2 Å². The Bertz CT molecular complexity index is 951. The molecule has 29 heavy (non-hydrogen) atoms. The van der Waals surface area contributed by atoms with Crippen LogP contribution < -0.4 is 16.0 Å². The summed E-state index contributed by atoms with van der Waals surface area (Å²) in [4.78, 5) is 25.0. The Hall–Kier alpha value is -2.96. The van der Waals surface area contributed by atoms with Gasteiger partial charge in [0, 0.05) is 23.2 Å². The first kappa shape index (κ1) is 20.8. The number of rotatable bonds is 7. The minimum absolute atomic E-state index is 0.0570. The molecule has 2 atom stereocenters. The van der Waals surface area contributed by atoms with Gasteiger partial charge in [-0.15, -0.1) is 11.3 Å². The molecule has 0 fully saturated rings. The molecular weight excluding hydrogens is 382 g/mol. The highest BCUT2D eigenvalue weighted by Crippen LogP contribution is 2.27. The predicted molar refractivity (Wildman–Crippen MR) is 119 cm³/mol. The lowest BCUT2D eigenvalue weighted by molar-refractivity contribution is -0.118. The van der Waals surface area contributed by atoms with Crippen molar-refractivity contribution in [1.29, 1.82) is 0 Å². The van der Waals surface area contributed by atoms with Gasteiger partial charge in [-0.25, -0.2) is 0 Å². The van der Waals surface area contributed by atoms with Crippen molar-refractivity contribution in [3.8, 4) is 0 Å². The smallest absolute Gasteiger partial charge is 0.241 e. The monoisotopic (exact) mass is 407 g/mol. The van der Waals surface area contributed by atoms with Gasteiger partial charge in [0.2, 0.25) is 11.8 Å². The number of aryl methyl sites for hydroxylation is 1. The molecule has 0 aliphatic rings. The molecule has 0 unspecified atom stereocenters. The third-order valence-corrected chi connectivity index (χ3v) is 5.46. The van der Waals surface area contributed by atoms with Crippen molar-refractivity contribution in [2.45, 2.75) is 32.9 Å². The molecule has 0 bridgehead atoms. The lowest BCUT2D eigenvalue weighted by Crippen LogP contribution is -2.40. The quantitative estimate of drug-likeness (QED) is 0.531. The van der Waals surface area contributed by atoms with Crippen molar-refractivity contribution >= 4 is 34.5 Å². The van der Waals surface area contributed by atoms with Gasteiger partial charge >= 0.3 is 0 Å². The summed E-state index contributed by atoms with van der Waals surface area (Å²) >= 11 is 1.67. The Morgan fingerprint density at radius 2 is 1.52 bits per heavy atom. The number of anilines is 2. The highest BCUT2D eigenvalue weighted by atomic mass is 32.1. The fourth-order valence-corrected chi connectivity index (χ4v) is 3.79. The second kappa shape index (κ2) is 9.49. The van der Waals surface area contributed by atoms with E-state index in [1.54, 1.807) is 35.6 Å². The number of carbonyl (C=O) groups is 2. The van der Waals surface area contributed by atoms with Gasteiger partial charge in [-0.05, 0) is 55.1 Å². The Morgan fingerprint density at radius 3 is 2.07 bits per heavy atom. The van der Waals surface area contributed by atoms with Crippen molar-refractivity contribution in [3.63, 3.8) is 0 Å². The van der Waals surface area contributed by atoms with Crippen LogP contribution in [-0.2, 0) is 9.59 Å². The van der Waals surface area contributed by atoms with Gasteiger partial charge in [0.25, 0.3) is 0 Å². The fourth-order valence-electron chi connectivity index (χ4n) is 2.97. The zero-order chi connectivity index (χ0) is 20.8. The minimum atomic E-state index is -0.404. The summed E-state index contributed by atoms with van der Waals surface area (Å²) in [5.74, 6) is -0.249. The molecule has 6 heteroatoms. The summed E-state index contributed by atoms with van der Waals surface area (Å²) < 4.78 is 0. The molecule has 5 nitrogen and oxygen atoms in total. The van der Waals surface area contributed by atoms with Crippen LogP contribution in [0, 0.1) is 6.92 Å². The second-order valence-corrected chi connectivity index (χ2v) is 7.97. The zero-order valence-corrected chi connectivity index (χ0v) is 17.5. The summed E-state index contributed by atoms with van der Waals surface area (Å²) in [7, 11) is 0. The average Bonchev–Trinajstić information content (AvgIpc) is 3.22. The molecule has 3 rings (SSSR count). The summed E-state index contributed by atoms with van der Waals surface area (Å²) in [5, 5.41) is 11.1. The predicted octanol–water partition coefficient (Wildman–Crippen LogP) is 4.72. The molecular formula is C23H25N3O2S. The molecule has 2 aromatic carbocycles. The maximum Gasteiger partial charge on any atom is 0.241 e. The van der Waals surface area contributed by atoms with Crippen molar-refractivity contribution in [3.05, 3.63) is 82.0 Å². The molecule has 2 amide bonds. The van der Waals surface area contributed by atoms with Crippen molar-refractivity contribution in [2.24, 2.45) is 0 Å². The van der Waals surface area contributed by atoms with Crippen molar-refractivity contribution < 1.29 is 9.59 Å². The van der Waals surface area contributed by atoms with Gasteiger partial charge in [-0.2, -0.15) is 0 Å². The van der Waals surface area contributed by atoms with Crippen LogP contribution in [-0.4, -0.2) is 17.9 Å². The fraction of sp³-hybridized carbons (Fsp3) is 0.217. The highest BCUT2D eigenvalue weighted by molar-refractivity contribution is 7.10. The standard InChI is InChI=1S/C23H25N3O2S/c1-15-6-8-18(9-7-15)22(21-5-4-14-29-21)24-16(2)23(28)26-20-12-10-19(11-13-20)25-17(3)27/h4-14,16,22,24H,1-3H3,(H,25,27)(H,26,28)/t16-,22+/m1/s1. The molecule has 0 radical (unpaired) electrons. The van der Waals surface area contributed by atoms with Crippen LogP contribution in [0.3, 0.4) is 0 Å². The molecule has 0 saturated carbocycles. The maximum atomic E-state index is 12.7. The minimum Gasteiger partial charge on any atom is -0.326 e. The Kier molecular flexibility index (Phi) is 6.80. The Labute approximate surface area is 175 Å². The van der Waals surface area contributed by atoms with Crippen LogP contribution >= 0.6 is 11.3 Å². The third kappa shape index (κ3) is 5.76. The van der Waals surface area contributed by atoms with Crippen LogP contribution in [0.4, 0.5) is 11.4 Å². The molecule has 1 heterocycles. The number of benzene rings is 2. The number of hydrogen-bond acceptors (Lipinski definition) is 4. The number of thiophene rings is 1. The van der Waals surface area contributed by atoms with E-state index in [4.69, 9.17) is 0 Å². The van der Waals surface area contributed by atoms with Crippen LogP contribution in [0.25, 0.3) is 0 Å². The van der Waals surface area contributed by atoms with E-state index < -0.39 is 6.04 Å². The van der Waals surface area contributed by atoms with E-state index in [9.17, 15) is 9.59 Å². The maximum absolute atomic E-state index is 12.7. The van der Waals surface area contributed by atoms with E-state index in [-0.39, 0.29) is 17.9 Å². The van der Waals surface area contributed by atoms with Gasteiger partial charge in [0.1, 0.15) is 0 Å². The van der Waals surface area contributed by atoms with E-state index in [1.165, 1.54) is 12.5 Å². The first-order chi connectivity index (χ1) is 13.9.